The molecule has 0 radical (unpaired) electrons. The Bertz CT molecular complexity index is 367. The second-order valence-electron chi connectivity index (χ2n) is 4.17. The topological polar surface area (TPSA) is 77.2 Å². The van der Waals surface area contributed by atoms with E-state index in [9.17, 15) is 4.79 Å². The van der Waals surface area contributed by atoms with Crippen molar-refractivity contribution in [2.24, 2.45) is 5.92 Å². The lowest BCUT2D eigenvalue weighted by molar-refractivity contribution is 0.0883. The van der Waals surface area contributed by atoms with Gasteiger partial charge in [-0.2, -0.15) is 0 Å². The lowest BCUT2D eigenvalue weighted by Crippen LogP contribution is -2.29. The molecule has 0 aliphatic carbocycles. The number of carbonyl (C=O) groups excluding carboxylic acids is 1. The van der Waals surface area contributed by atoms with E-state index >= 15 is 0 Å². The Labute approximate surface area is 101 Å². The van der Waals surface area contributed by atoms with Gasteiger partial charge in [-0.25, -0.2) is 4.98 Å². The monoisotopic (exact) mass is 237 g/mol. The quantitative estimate of drug-likeness (QED) is 0.725. The molecule has 3 N–H and O–H groups in total. The lowest BCUT2D eigenvalue weighted by Gasteiger charge is -2.08. The fourth-order valence-electron chi connectivity index (χ4n) is 1.25. The van der Waals surface area contributed by atoms with Crippen LogP contribution in [0.25, 0.3) is 0 Å². The molecule has 1 heterocycles. The number of nitrogen functional groups attached to an aromatic ring is 1. The second kappa shape index (κ2) is 6.85. The molecule has 1 rings (SSSR count). The molecule has 0 spiro atoms. The third kappa shape index (κ3) is 4.82. The van der Waals surface area contributed by atoms with E-state index in [1.54, 1.807) is 18.3 Å². The van der Waals surface area contributed by atoms with Crippen LogP contribution in [0.4, 0.5) is 5.69 Å². The molecular formula is C12H19N3O2. The predicted molar refractivity (Wildman–Crippen MR) is 66.6 cm³/mol. The van der Waals surface area contributed by atoms with Gasteiger partial charge in [0.2, 0.25) is 0 Å². The lowest BCUT2D eigenvalue weighted by atomic mass is 10.2. The summed E-state index contributed by atoms with van der Waals surface area (Å²) in [7, 11) is 0. The average Bonchev–Trinajstić information content (AvgIpc) is 2.28. The molecule has 0 saturated heterocycles. The van der Waals surface area contributed by atoms with Crippen molar-refractivity contribution < 1.29 is 9.53 Å². The molecule has 0 saturated carbocycles. The third-order valence-electron chi connectivity index (χ3n) is 2.04. The number of nitrogens with one attached hydrogen (secondary N) is 1. The van der Waals surface area contributed by atoms with E-state index in [1.165, 1.54) is 0 Å². The summed E-state index contributed by atoms with van der Waals surface area (Å²) in [6, 6.07) is 3.34. The van der Waals surface area contributed by atoms with Gasteiger partial charge < -0.3 is 15.8 Å². The van der Waals surface area contributed by atoms with Crippen molar-refractivity contribution in [2.75, 3.05) is 25.5 Å². The zero-order valence-corrected chi connectivity index (χ0v) is 10.3. The largest absolute Gasteiger partial charge is 0.397 e. The van der Waals surface area contributed by atoms with Crippen molar-refractivity contribution in [2.45, 2.75) is 13.8 Å². The Morgan fingerprint density at radius 2 is 2.35 bits per heavy atom. The molecule has 0 fully saturated rings. The minimum Gasteiger partial charge on any atom is -0.397 e. The van der Waals surface area contributed by atoms with Crippen molar-refractivity contribution >= 4 is 11.6 Å². The van der Waals surface area contributed by atoms with Crippen LogP contribution in [0.1, 0.15) is 24.3 Å². The highest BCUT2D eigenvalue weighted by Gasteiger charge is 2.09. The summed E-state index contributed by atoms with van der Waals surface area (Å²) < 4.78 is 5.35. The molecule has 1 amide bonds. The number of nitrogens with zero attached hydrogens (tertiary/aromatic N) is 1. The van der Waals surface area contributed by atoms with Crippen LogP contribution in [0.3, 0.4) is 0 Å². The van der Waals surface area contributed by atoms with E-state index in [0.29, 0.717) is 31.4 Å². The highest BCUT2D eigenvalue weighted by molar-refractivity contribution is 5.96. The van der Waals surface area contributed by atoms with Crippen LogP contribution in [0.2, 0.25) is 0 Å². The molecule has 1 aromatic heterocycles. The molecule has 0 aliphatic rings. The Morgan fingerprint density at radius 1 is 1.59 bits per heavy atom. The van der Waals surface area contributed by atoms with E-state index < -0.39 is 0 Å². The first-order valence-corrected chi connectivity index (χ1v) is 5.67. The van der Waals surface area contributed by atoms with Crippen LogP contribution in [0, 0.1) is 5.92 Å². The summed E-state index contributed by atoms with van der Waals surface area (Å²) in [6.07, 6.45) is 1.54. The molecule has 0 aliphatic heterocycles. The van der Waals surface area contributed by atoms with Crippen molar-refractivity contribution in [3.8, 4) is 0 Å². The minimum atomic E-state index is -0.267. The van der Waals surface area contributed by atoms with Gasteiger partial charge in [-0.1, -0.05) is 13.8 Å². The van der Waals surface area contributed by atoms with Crippen LogP contribution >= 0.6 is 0 Å². The number of ether oxygens (including phenoxy) is 1. The fraction of sp³-hybridized carbons (Fsp3) is 0.500. The fourth-order valence-corrected chi connectivity index (χ4v) is 1.25. The Kier molecular flexibility index (Phi) is 5.42. The van der Waals surface area contributed by atoms with Gasteiger partial charge in [0, 0.05) is 19.3 Å². The summed E-state index contributed by atoms with van der Waals surface area (Å²) in [5.41, 5.74) is 6.28. The van der Waals surface area contributed by atoms with Crippen molar-refractivity contribution in [1.82, 2.24) is 10.3 Å². The van der Waals surface area contributed by atoms with Gasteiger partial charge in [-0.15, -0.1) is 0 Å². The van der Waals surface area contributed by atoms with Gasteiger partial charge in [0.15, 0.2) is 5.69 Å². The maximum absolute atomic E-state index is 11.7. The number of nitrogens with two attached hydrogens (primary N) is 1. The first kappa shape index (κ1) is 13.4. The molecule has 5 heteroatoms. The van der Waals surface area contributed by atoms with E-state index in [2.05, 4.69) is 24.1 Å². The zero-order valence-electron chi connectivity index (χ0n) is 10.3. The summed E-state index contributed by atoms with van der Waals surface area (Å²) in [6.45, 7) is 5.81. The van der Waals surface area contributed by atoms with Crippen LogP contribution in [0.15, 0.2) is 18.3 Å². The smallest absolute Gasteiger partial charge is 0.272 e. The molecule has 0 bridgehead atoms. The van der Waals surface area contributed by atoms with Gasteiger partial charge >= 0.3 is 0 Å². The van der Waals surface area contributed by atoms with E-state index in [1.807, 2.05) is 0 Å². The summed E-state index contributed by atoms with van der Waals surface area (Å²) in [5, 5.41) is 2.71. The Morgan fingerprint density at radius 3 is 3.00 bits per heavy atom. The van der Waals surface area contributed by atoms with Crippen molar-refractivity contribution in [3.05, 3.63) is 24.0 Å². The zero-order chi connectivity index (χ0) is 12.7. The maximum Gasteiger partial charge on any atom is 0.272 e. The number of anilines is 1. The predicted octanol–water partition coefficient (Wildman–Crippen LogP) is 1.07. The number of pyridine rings is 1. The van der Waals surface area contributed by atoms with E-state index in [0.717, 1.165) is 0 Å². The van der Waals surface area contributed by atoms with Crippen molar-refractivity contribution in [3.63, 3.8) is 0 Å². The maximum atomic E-state index is 11.7. The SMILES string of the molecule is CC(C)COCCNC(=O)c1ncccc1N. The number of amides is 1. The molecule has 94 valence electrons. The normalized spacial score (nSPS) is 10.5. The standard InChI is InChI=1S/C12H19N3O2/c1-9(2)8-17-7-6-15-12(16)11-10(13)4-3-5-14-11/h3-5,9H,6-8,13H2,1-2H3,(H,15,16). The molecular weight excluding hydrogens is 218 g/mol. The third-order valence-corrected chi connectivity index (χ3v) is 2.04. The first-order chi connectivity index (χ1) is 8.11. The van der Waals surface area contributed by atoms with Gasteiger partial charge in [-0.3, -0.25) is 4.79 Å². The number of carbonyl (C=O) groups is 1. The number of aromatic nitrogens is 1. The molecule has 0 unspecified atom stereocenters. The number of hydrogen-bond acceptors (Lipinski definition) is 4. The van der Waals surface area contributed by atoms with Crippen LogP contribution in [-0.2, 0) is 4.74 Å². The Hall–Kier alpha value is -1.62. The molecule has 0 atom stereocenters. The van der Waals surface area contributed by atoms with Gasteiger partial charge in [0.25, 0.3) is 5.91 Å². The summed E-state index contributed by atoms with van der Waals surface area (Å²) in [4.78, 5) is 15.6. The van der Waals surface area contributed by atoms with Gasteiger partial charge in [0.1, 0.15) is 0 Å². The molecule has 5 nitrogen and oxygen atoms in total. The van der Waals surface area contributed by atoms with Gasteiger partial charge in [-0.05, 0) is 18.1 Å². The number of rotatable bonds is 6. The summed E-state index contributed by atoms with van der Waals surface area (Å²) >= 11 is 0. The van der Waals surface area contributed by atoms with E-state index in [-0.39, 0.29) is 11.6 Å². The Balaban J connectivity index is 2.29. The molecule has 17 heavy (non-hydrogen) atoms. The second-order valence-corrected chi connectivity index (χ2v) is 4.17. The summed E-state index contributed by atoms with van der Waals surface area (Å²) in [5.74, 6) is 0.230. The van der Waals surface area contributed by atoms with Crippen LogP contribution < -0.4 is 11.1 Å². The highest BCUT2D eigenvalue weighted by atomic mass is 16.5. The van der Waals surface area contributed by atoms with Crippen LogP contribution in [0.5, 0.6) is 0 Å². The van der Waals surface area contributed by atoms with E-state index in [4.69, 9.17) is 10.5 Å². The average molecular weight is 237 g/mol. The van der Waals surface area contributed by atoms with Crippen LogP contribution in [-0.4, -0.2) is 30.6 Å². The number of hydrogen-bond donors (Lipinski definition) is 2. The van der Waals surface area contributed by atoms with Gasteiger partial charge in [0.05, 0.1) is 12.3 Å². The highest BCUT2D eigenvalue weighted by Crippen LogP contribution is 2.05. The van der Waals surface area contributed by atoms with Crippen molar-refractivity contribution in [1.29, 1.82) is 0 Å². The first-order valence-electron chi connectivity index (χ1n) is 5.67. The molecule has 1 aromatic rings. The minimum absolute atomic E-state index is 0.261. The molecule has 0 aromatic carbocycles.